The molecule has 0 radical (unpaired) electrons. The fraction of sp³-hybridized carbons (Fsp3) is 0.182. The molecule has 0 fully saturated rings. The molecule has 4 heteroatoms. The molecule has 0 aliphatic rings. The highest BCUT2D eigenvalue weighted by Gasteiger charge is 2.03. The van der Waals surface area contributed by atoms with Gasteiger partial charge in [-0.15, -0.1) is 0 Å². The van der Waals surface area contributed by atoms with Crippen molar-refractivity contribution in [2.24, 2.45) is 0 Å². The zero-order valence-electron chi connectivity index (χ0n) is 8.35. The van der Waals surface area contributed by atoms with E-state index >= 15 is 0 Å². The predicted octanol–water partition coefficient (Wildman–Crippen LogP) is 3.46. The molecule has 0 spiro atoms. The van der Waals surface area contributed by atoms with Crippen LogP contribution in [0.1, 0.15) is 6.92 Å². The fourth-order valence-electron chi connectivity index (χ4n) is 1.28. The van der Waals surface area contributed by atoms with Gasteiger partial charge in [0.25, 0.3) is 0 Å². The maximum atomic E-state index is 5.64. The number of halogens is 1. The van der Waals surface area contributed by atoms with E-state index in [0.717, 1.165) is 16.8 Å². The van der Waals surface area contributed by atoms with Gasteiger partial charge in [-0.3, -0.25) is 0 Å². The second-order valence-corrected chi connectivity index (χ2v) is 3.97. The average Bonchev–Trinajstić information content (AvgIpc) is 2.65. The van der Waals surface area contributed by atoms with Crippen molar-refractivity contribution < 1.29 is 4.74 Å². The summed E-state index contributed by atoms with van der Waals surface area (Å²) in [5.74, 6) is 0.783. The first-order chi connectivity index (χ1) is 7.29. The molecule has 2 aromatic rings. The lowest BCUT2D eigenvalue weighted by Gasteiger charge is -2.06. The largest absolute Gasteiger partial charge is 0.425 e. The van der Waals surface area contributed by atoms with Crippen molar-refractivity contribution in [1.29, 1.82) is 0 Å². The van der Waals surface area contributed by atoms with Crippen LogP contribution in [0.4, 0.5) is 0 Å². The number of rotatable bonds is 3. The van der Waals surface area contributed by atoms with Crippen LogP contribution < -0.4 is 4.74 Å². The molecule has 0 saturated heterocycles. The molecule has 3 nitrogen and oxygen atoms in total. The lowest BCUT2D eigenvalue weighted by Crippen LogP contribution is -1.96. The first-order valence-corrected chi connectivity index (χ1v) is 5.53. The van der Waals surface area contributed by atoms with Crippen LogP contribution >= 0.6 is 15.9 Å². The molecule has 0 unspecified atom stereocenters. The van der Waals surface area contributed by atoms with Crippen molar-refractivity contribution in [3.8, 4) is 11.8 Å². The number of aromatic nitrogens is 2. The van der Waals surface area contributed by atoms with E-state index in [1.807, 2.05) is 35.0 Å². The number of aryl methyl sites for hydroxylation is 1. The van der Waals surface area contributed by atoms with Gasteiger partial charge in [0.05, 0.1) is 0 Å². The lowest BCUT2D eigenvalue weighted by molar-refractivity contribution is 0.415. The lowest BCUT2D eigenvalue weighted by atomic mass is 10.3. The van der Waals surface area contributed by atoms with E-state index in [2.05, 4.69) is 27.8 Å². The molecular formula is C11H11BrN2O. The van der Waals surface area contributed by atoms with Crippen molar-refractivity contribution in [2.75, 3.05) is 0 Å². The fourth-order valence-corrected chi connectivity index (χ4v) is 1.66. The van der Waals surface area contributed by atoms with E-state index in [4.69, 9.17) is 4.74 Å². The van der Waals surface area contributed by atoms with Gasteiger partial charge in [0.1, 0.15) is 5.75 Å². The zero-order chi connectivity index (χ0) is 10.7. The first-order valence-electron chi connectivity index (χ1n) is 4.74. The minimum absolute atomic E-state index is 0.621. The zero-order valence-corrected chi connectivity index (χ0v) is 9.94. The highest BCUT2D eigenvalue weighted by molar-refractivity contribution is 9.10. The monoisotopic (exact) mass is 266 g/mol. The summed E-state index contributed by atoms with van der Waals surface area (Å²) in [5.41, 5.74) is 0. The number of ether oxygens (including phenoxy) is 1. The molecule has 15 heavy (non-hydrogen) atoms. The minimum Gasteiger partial charge on any atom is -0.425 e. The van der Waals surface area contributed by atoms with Crippen LogP contribution in [0.15, 0.2) is 41.1 Å². The third-order valence-corrected chi connectivity index (χ3v) is 2.52. The Balaban J connectivity index is 2.22. The number of imidazole rings is 1. The molecule has 0 aliphatic heterocycles. The van der Waals surface area contributed by atoms with Crippen LogP contribution in [0.2, 0.25) is 0 Å². The number of nitrogens with zero attached hydrogens (tertiary/aromatic N) is 2. The van der Waals surface area contributed by atoms with Crippen LogP contribution in [0.5, 0.6) is 11.8 Å². The van der Waals surface area contributed by atoms with Crippen LogP contribution in [0.3, 0.4) is 0 Å². The summed E-state index contributed by atoms with van der Waals surface area (Å²) in [6.45, 7) is 2.90. The summed E-state index contributed by atoms with van der Waals surface area (Å²) >= 11 is 3.39. The molecule has 0 aliphatic carbocycles. The summed E-state index contributed by atoms with van der Waals surface area (Å²) in [6.07, 6.45) is 3.63. The molecular weight excluding hydrogens is 256 g/mol. The molecule has 0 atom stereocenters. The van der Waals surface area contributed by atoms with Crippen LogP contribution in [0.25, 0.3) is 0 Å². The summed E-state index contributed by atoms with van der Waals surface area (Å²) in [4.78, 5) is 4.14. The quantitative estimate of drug-likeness (QED) is 0.851. The van der Waals surface area contributed by atoms with Crippen LogP contribution in [-0.4, -0.2) is 9.55 Å². The van der Waals surface area contributed by atoms with E-state index < -0.39 is 0 Å². The van der Waals surface area contributed by atoms with Gasteiger partial charge in [-0.05, 0) is 25.1 Å². The molecule has 0 amide bonds. The molecule has 1 aromatic heterocycles. The van der Waals surface area contributed by atoms with Gasteiger partial charge in [0.15, 0.2) is 0 Å². The topological polar surface area (TPSA) is 27.1 Å². The van der Waals surface area contributed by atoms with Gasteiger partial charge in [-0.2, -0.15) is 0 Å². The standard InChI is InChI=1S/C11H11BrN2O/c1-2-14-7-6-13-11(14)15-10-5-3-4-9(12)8-10/h3-8H,2H2,1H3. The maximum absolute atomic E-state index is 5.64. The Kier molecular flexibility index (Phi) is 3.06. The first kappa shape index (κ1) is 10.2. The van der Waals surface area contributed by atoms with Crippen molar-refractivity contribution in [1.82, 2.24) is 9.55 Å². The van der Waals surface area contributed by atoms with Crippen molar-refractivity contribution in [2.45, 2.75) is 13.5 Å². The van der Waals surface area contributed by atoms with E-state index in [-0.39, 0.29) is 0 Å². The Morgan fingerprint density at radius 1 is 1.47 bits per heavy atom. The summed E-state index contributed by atoms with van der Waals surface area (Å²) < 4.78 is 8.58. The Bertz CT molecular complexity index is 453. The Hall–Kier alpha value is -1.29. The number of hydrogen-bond acceptors (Lipinski definition) is 2. The highest BCUT2D eigenvalue weighted by atomic mass is 79.9. The Morgan fingerprint density at radius 3 is 3.07 bits per heavy atom. The molecule has 1 aromatic carbocycles. The predicted molar refractivity (Wildman–Crippen MR) is 62.1 cm³/mol. The van der Waals surface area contributed by atoms with E-state index in [9.17, 15) is 0 Å². The SMILES string of the molecule is CCn1ccnc1Oc1cccc(Br)c1. The van der Waals surface area contributed by atoms with E-state index in [0.29, 0.717) is 6.01 Å². The van der Waals surface area contributed by atoms with Gasteiger partial charge in [-0.25, -0.2) is 4.98 Å². The molecule has 1 heterocycles. The van der Waals surface area contributed by atoms with E-state index in [1.165, 1.54) is 0 Å². The van der Waals surface area contributed by atoms with Crippen LogP contribution in [-0.2, 0) is 6.54 Å². The molecule has 78 valence electrons. The van der Waals surface area contributed by atoms with Gasteiger partial charge >= 0.3 is 6.01 Å². The van der Waals surface area contributed by atoms with Crippen molar-refractivity contribution in [3.63, 3.8) is 0 Å². The molecule has 0 bridgehead atoms. The average molecular weight is 267 g/mol. The van der Waals surface area contributed by atoms with Gasteiger partial charge < -0.3 is 9.30 Å². The Morgan fingerprint density at radius 2 is 2.33 bits per heavy atom. The van der Waals surface area contributed by atoms with Gasteiger partial charge in [0, 0.05) is 23.4 Å². The van der Waals surface area contributed by atoms with Crippen molar-refractivity contribution >= 4 is 15.9 Å². The van der Waals surface area contributed by atoms with Gasteiger partial charge in [-0.1, -0.05) is 22.0 Å². The summed E-state index contributed by atoms with van der Waals surface area (Å²) in [6, 6.07) is 8.32. The second-order valence-electron chi connectivity index (χ2n) is 3.06. The highest BCUT2D eigenvalue weighted by Crippen LogP contribution is 2.22. The molecule has 2 rings (SSSR count). The smallest absolute Gasteiger partial charge is 0.301 e. The third kappa shape index (κ3) is 2.39. The van der Waals surface area contributed by atoms with Crippen molar-refractivity contribution in [3.05, 3.63) is 41.1 Å². The summed E-state index contributed by atoms with van der Waals surface area (Å²) in [5, 5.41) is 0. The van der Waals surface area contributed by atoms with E-state index in [1.54, 1.807) is 6.20 Å². The van der Waals surface area contributed by atoms with Crippen LogP contribution in [0, 0.1) is 0 Å². The minimum atomic E-state index is 0.621. The third-order valence-electron chi connectivity index (χ3n) is 2.02. The maximum Gasteiger partial charge on any atom is 0.301 e. The molecule has 0 saturated carbocycles. The van der Waals surface area contributed by atoms with Gasteiger partial charge in [0.2, 0.25) is 0 Å². The number of hydrogen-bond donors (Lipinski definition) is 0. The number of benzene rings is 1. The Labute approximate surface area is 96.8 Å². The summed E-state index contributed by atoms with van der Waals surface area (Å²) in [7, 11) is 0. The molecule has 0 N–H and O–H groups in total. The second kappa shape index (κ2) is 4.49. The normalized spacial score (nSPS) is 10.3.